The summed E-state index contributed by atoms with van der Waals surface area (Å²) in [5, 5.41) is 15.8. The van der Waals surface area contributed by atoms with E-state index in [9.17, 15) is 14.9 Å². The van der Waals surface area contributed by atoms with Crippen LogP contribution in [0.2, 0.25) is 0 Å². The minimum absolute atomic E-state index is 0.0763. The number of hydrogen-bond acceptors (Lipinski definition) is 6. The van der Waals surface area contributed by atoms with Crippen molar-refractivity contribution >= 4 is 29.0 Å². The number of anilines is 1. The highest BCUT2D eigenvalue weighted by Gasteiger charge is 2.25. The van der Waals surface area contributed by atoms with Crippen LogP contribution in [-0.4, -0.2) is 51.9 Å². The summed E-state index contributed by atoms with van der Waals surface area (Å²) >= 11 is 1.35. The SMILES string of the molecule is Cc1ncsc1C(=O)NC1CCN(CC(=O)Nc2c(C#N)c(C)c(C)n2-c2ccccc2)CC1. The zero-order valence-electron chi connectivity index (χ0n) is 19.6. The first-order chi connectivity index (χ1) is 16.4. The number of aryl methyl sites for hydroxylation is 1. The second-order valence-electron chi connectivity index (χ2n) is 8.56. The van der Waals surface area contributed by atoms with Gasteiger partial charge in [-0.2, -0.15) is 5.26 Å². The summed E-state index contributed by atoms with van der Waals surface area (Å²) < 4.78 is 1.93. The third-order valence-corrected chi connectivity index (χ3v) is 7.27. The number of nitrogens with zero attached hydrogens (tertiary/aromatic N) is 4. The summed E-state index contributed by atoms with van der Waals surface area (Å²) in [5.74, 6) is 0.275. The largest absolute Gasteiger partial charge is 0.348 e. The van der Waals surface area contributed by atoms with Crippen molar-refractivity contribution in [1.82, 2.24) is 19.8 Å². The van der Waals surface area contributed by atoms with Crippen LogP contribution in [0.5, 0.6) is 0 Å². The average molecular weight is 477 g/mol. The first kappa shape index (κ1) is 23.7. The Morgan fingerprint density at radius 1 is 1.18 bits per heavy atom. The molecule has 0 aliphatic carbocycles. The number of thiazole rings is 1. The molecule has 1 aromatic carbocycles. The minimum atomic E-state index is -0.158. The van der Waals surface area contributed by atoms with Crippen molar-refractivity contribution < 1.29 is 9.59 Å². The van der Waals surface area contributed by atoms with Gasteiger partial charge in [0, 0.05) is 30.5 Å². The number of nitrogens with one attached hydrogen (secondary N) is 2. The quantitative estimate of drug-likeness (QED) is 0.566. The van der Waals surface area contributed by atoms with Crippen LogP contribution < -0.4 is 10.6 Å². The highest BCUT2D eigenvalue weighted by Crippen LogP contribution is 2.30. The number of likely N-dealkylation sites (tertiary alicyclic amines) is 1. The summed E-state index contributed by atoms with van der Waals surface area (Å²) in [6, 6.07) is 12.0. The van der Waals surface area contributed by atoms with E-state index in [0.717, 1.165) is 35.5 Å². The summed E-state index contributed by atoms with van der Waals surface area (Å²) in [5.41, 5.74) is 5.58. The van der Waals surface area contributed by atoms with Crippen molar-refractivity contribution in [3.8, 4) is 11.8 Å². The molecule has 3 heterocycles. The smallest absolute Gasteiger partial charge is 0.263 e. The number of piperidine rings is 1. The number of amides is 2. The van der Waals surface area contributed by atoms with Gasteiger partial charge in [-0.1, -0.05) is 18.2 Å². The molecule has 1 aliphatic heterocycles. The fourth-order valence-corrected chi connectivity index (χ4v) is 5.05. The van der Waals surface area contributed by atoms with Gasteiger partial charge in [0.15, 0.2) is 0 Å². The van der Waals surface area contributed by atoms with Crippen molar-refractivity contribution in [2.75, 3.05) is 25.0 Å². The summed E-state index contributed by atoms with van der Waals surface area (Å²) in [7, 11) is 0. The molecular weight excluding hydrogens is 448 g/mol. The lowest BCUT2D eigenvalue weighted by atomic mass is 10.0. The van der Waals surface area contributed by atoms with E-state index in [1.807, 2.05) is 55.7 Å². The number of para-hydroxylation sites is 1. The number of nitriles is 1. The van der Waals surface area contributed by atoms with Gasteiger partial charge in [-0.3, -0.25) is 19.1 Å². The van der Waals surface area contributed by atoms with Gasteiger partial charge in [-0.15, -0.1) is 11.3 Å². The number of carbonyl (C=O) groups is 2. The highest BCUT2D eigenvalue weighted by molar-refractivity contribution is 7.11. The van der Waals surface area contributed by atoms with Gasteiger partial charge in [0.1, 0.15) is 16.8 Å². The Bertz CT molecular complexity index is 1230. The molecule has 176 valence electrons. The highest BCUT2D eigenvalue weighted by atomic mass is 32.1. The molecule has 1 saturated heterocycles. The first-order valence-corrected chi connectivity index (χ1v) is 12.2. The predicted molar refractivity (Wildman–Crippen MR) is 132 cm³/mol. The third-order valence-electron chi connectivity index (χ3n) is 6.34. The molecule has 0 bridgehead atoms. The molecule has 8 nitrogen and oxygen atoms in total. The lowest BCUT2D eigenvalue weighted by Crippen LogP contribution is -2.46. The molecule has 9 heteroatoms. The molecule has 2 amide bonds. The van der Waals surface area contributed by atoms with Gasteiger partial charge >= 0.3 is 0 Å². The van der Waals surface area contributed by atoms with E-state index in [1.54, 1.807) is 5.51 Å². The van der Waals surface area contributed by atoms with Gasteiger partial charge in [0.25, 0.3) is 5.91 Å². The van der Waals surface area contributed by atoms with Gasteiger partial charge in [0.2, 0.25) is 5.91 Å². The third kappa shape index (κ3) is 4.88. The fraction of sp³-hybridized carbons (Fsp3) is 0.360. The zero-order valence-corrected chi connectivity index (χ0v) is 20.4. The standard InChI is InChI=1S/C25H28N6O2S/c1-16-18(3)31(20-7-5-4-6-8-20)24(21(16)13-26)29-22(32)14-30-11-9-19(10-12-30)28-25(33)23-17(2)27-15-34-23/h4-8,15,19H,9-12,14H2,1-3H3,(H,28,33)(H,29,32). The summed E-state index contributed by atoms with van der Waals surface area (Å²) in [6.07, 6.45) is 1.55. The molecule has 0 saturated carbocycles. The van der Waals surface area contributed by atoms with Crippen LogP contribution in [0.3, 0.4) is 0 Å². The van der Waals surface area contributed by atoms with Gasteiger partial charge in [-0.05, 0) is 51.3 Å². The number of rotatable bonds is 6. The molecule has 1 fully saturated rings. The number of benzene rings is 1. The average Bonchev–Trinajstić information content (AvgIpc) is 3.36. The van der Waals surface area contributed by atoms with E-state index < -0.39 is 0 Å². The van der Waals surface area contributed by atoms with E-state index in [0.29, 0.717) is 29.3 Å². The topological polar surface area (TPSA) is 103 Å². The predicted octanol–water partition coefficient (Wildman–Crippen LogP) is 3.56. The van der Waals surface area contributed by atoms with E-state index in [1.165, 1.54) is 11.3 Å². The van der Waals surface area contributed by atoms with Crippen LogP contribution in [0.1, 0.15) is 45.0 Å². The lowest BCUT2D eigenvalue weighted by molar-refractivity contribution is -0.117. The fourth-order valence-electron chi connectivity index (χ4n) is 4.34. The maximum absolute atomic E-state index is 13.0. The van der Waals surface area contributed by atoms with Crippen molar-refractivity contribution in [2.24, 2.45) is 0 Å². The Balaban J connectivity index is 1.38. The van der Waals surface area contributed by atoms with Gasteiger partial charge in [0.05, 0.1) is 23.3 Å². The Morgan fingerprint density at radius 2 is 1.88 bits per heavy atom. The number of carbonyl (C=O) groups excluding carboxylic acids is 2. The molecular formula is C25H28N6O2S. The second-order valence-corrected chi connectivity index (χ2v) is 9.41. The normalized spacial score (nSPS) is 14.5. The molecule has 0 radical (unpaired) electrons. The van der Waals surface area contributed by atoms with Crippen LogP contribution in [0.4, 0.5) is 5.82 Å². The minimum Gasteiger partial charge on any atom is -0.348 e. The van der Waals surface area contributed by atoms with Crippen molar-refractivity contribution in [2.45, 2.75) is 39.7 Å². The van der Waals surface area contributed by atoms with E-state index in [-0.39, 0.29) is 24.4 Å². The Hall–Kier alpha value is -3.48. The maximum Gasteiger partial charge on any atom is 0.263 e. The molecule has 1 aliphatic rings. The Morgan fingerprint density at radius 3 is 2.50 bits per heavy atom. The Labute approximate surface area is 203 Å². The summed E-state index contributed by atoms with van der Waals surface area (Å²) in [4.78, 5) is 32.3. The van der Waals surface area contributed by atoms with Crippen LogP contribution in [-0.2, 0) is 4.79 Å². The van der Waals surface area contributed by atoms with E-state index in [2.05, 4.69) is 26.6 Å². The molecule has 2 N–H and O–H groups in total. The zero-order chi connectivity index (χ0) is 24.2. The lowest BCUT2D eigenvalue weighted by Gasteiger charge is -2.31. The van der Waals surface area contributed by atoms with E-state index in [4.69, 9.17) is 0 Å². The molecule has 0 atom stereocenters. The van der Waals surface area contributed by atoms with Crippen molar-refractivity contribution in [1.29, 1.82) is 5.26 Å². The monoisotopic (exact) mass is 476 g/mol. The molecule has 3 aromatic rings. The van der Waals surface area contributed by atoms with Crippen LogP contribution in [0.25, 0.3) is 5.69 Å². The maximum atomic E-state index is 13.0. The molecule has 4 rings (SSSR count). The van der Waals surface area contributed by atoms with Crippen LogP contribution >= 0.6 is 11.3 Å². The molecule has 34 heavy (non-hydrogen) atoms. The molecule has 0 unspecified atom stereocenters. The van der Waals surface area contributed by atoms with Crippen LogP contribution in [0.15, 0.2) is 35.8 Å². The Kier molecular flexibility index (Phi) is 7.10. The molecule has 0 spiro atoms. The van der Waals surface area contributed by atoms with E-state index >= 15 is 0 Å². The van der Waals surface area contributed by atoms with Crippen LogP contribution in [0, 0.1) is 32.1 Å². The number of hydrogen-bond donors (Lipinski definition) is 2. The van der Waals surface area contributed by atoms with Gasteiger partial charge < -0.3 is 10.6 Å². The van der Waals surface area contributed by atoms with Crippen molar-refractivity contribution in [3.63, 3.8) is 0 Å². The van der Waals surface area contributed by atoms with Crippen molar-refractivity contribution in [3.05, 3.63) is 63.2 Å². The second kappa shape index (κ2) is 10.2. The number of aromatic nitrogens is 2. The molecule has 2 aromatic heterocycles. The first-order valence-electron chi connectivity index (χ1n) is 11.3. The summed E-state index contributed by atoms with van der Waals surface area (Å²) in [6.45, 7) is 7.34. The van der Waals surface area contributed by atoms with Gasteiger partial charge in [-0.25, -0.2) is 4.98 Å².